The molecule has 0 spiro atoms. The van der Waals surface area contributed by atoms with E-state index in [0.29, 0.717) is 12.4 Å². The Morgan fingerprint density at radius 1 is 1.19 bits per heavy atom. The first-order chi connectivity index (χ1) is 10.3. The number of halogens is 1. The van der Waals surface area contributed by atoms with Gasteiger partial charge in [-0.2, -0.15) is 11.8 Å². The maximum Gasteiger partial charge on any atom is 0.140 e. The van der Waals surface area contributed by atoms with Crippen LogP contribution in [0.1, 0.15) is 29.9 Å². The molecule has 0 N–H and O–H groups in total. The van der Waals surface area contributed by atoms with Crippen LogP contribution in [0.2, 0.25) is 0 Å². The van der Waals surface area contributed by atoms with E-state index in [1.54, 1.807) is 23.9 Å². The monoisotopic (exact) mass is 307 g/mol. The van der Waals surface area contributed by atoms with Crippen molar-refractivity contribution in [3.8, 4) is 5.75 Å². The molecule has 0 aliphatic heterocycles. The smallest absolute Gasteiger partial charge is 0.140 e. The predicted octanol–water partition coefficient (Wildman–Crippen LogP) is 4.00. The van der Waals surface area contributed by atoms with E-state index in [4.69, 9.17) is 9.26 Å². The van der Waals surface area contributed by atoms with Gasteiger partial charge in [-0.15, -0.1) is 0 Å². The molecule has 1 aliphatic carbocycles. The summed E-state index contributed by atoms with van der Waals surface area (Å²) in [6.07, 6.45) is 4.57. The fraction of sp³-hybridized carbons (Fsp3) is 0.438. The molecule has 1 aromatic heterocycles. The van der Waals surface area contributed by atoms with Gasteiger partial charge in [-0.05, 0) is 43.5 Å². The molecule has 21 heavy (non-hydrogen) atoms. The quantitative estimate of drug-likeness (QED) is 0.756. The highest BCUT2D eigenvalue weighted by atomic mass is 32.2. The largest absolute Gasteiger partial charge is 0.493 e. The summed E-state index contributed by atoms with van der Waals surface area (Å²) in [4.78, 5) is 0. The van der Waals surface area contributed by atoms with Gasteiger partial charge in [-0.25, -0.2) is 4.39 Å². The minimum Gasteiger partial charge on any atom is -0.493 e. The number of nitrogens with zero attached hydrogens (tertiary/aromatic N) is 1. The number of hydrogen-bond acceptors (Lipinski definition) is 4. The summed E-state index contributed by atoms with van der Waals surface area (Å²) >= 11 is 1.78. The molecule has 3 nitrogen and oxygen atoms in total. The van der Waals surface area contributed by atoms with E-state index in [2.05, 4.69) is 5.16 Å². The van der Waals surface area contributed by atoms with Gasteiger partial charge >= 0.3 is 0 Å². The Morgan fingerprint density at radius 3 is 2.86 bits per heavy atom. The molecule has 1 aliphatic rings. The Morgan fingerprint density at radius 2 is 2.00 bits per heavy atom. The highest BCUT2D eigenvalue weighted by molar-refractivity contribution is 7.98. The van der Waals surface area contributed by atoms with E-state index < -0.39 is 0 Å². The molecule has 3 rings (SSSR count). The second-order valence-corrected chi connectivity index (χ2v) is 6.20. The first-order valence-corrected chi connectivity index (χ1v) is 8.41. The zero-order chi connectivity index (χ0) is 14.5. The first kappa shape index (κ1) is 14.4. The summed E-state index contributed by atoms with van der Waals surface area (Å²) in [5.41, 5.74) is 2.42. The van der Waals surface area contributed by atoms with Crippen molar-refractivity contribution in [1.29, 1.82) is 0 Å². The van der Waals surface area contributed by atoms with Crippen LogP contribution in [0, 0.1) is 5.82 Å². The zero-order valence-corrected chi connectivity index (χ0v) is 12.6. The van der Waals surface area contributed by atoms with Crippen molar-refractivity contribution in [2.75, 3.05) is 12.4 Å². The third kappa shape index (κ3) is 3.79. The van der Waals surface area contributed by atoms with Gasteiger partial charge in [0.05, 0.1) is 12.3 Å². The van der Waals surface area contributed by atoms with Gasteiger partial charge < -0.3 is 9.26 Å². The zero-order valence-electron chi connectivity index (χ0n) is 11.8. The third-order valence-electron chi connectivity index (χ3n) is 3.58. The van der Waals surface area contributed by atoms with E-state index in [-0.39, 0.29) is 5.82 Å². The molecule has 0 radical (unpaired) electrons. The van der Waals surface area contributed by atoms with Crippen LogP contribution < -0.4 is 4.74 Å². The predicted molar refractivity (Wildman–Crippen MR) is 81.2 cm³/mol. The molecule has 112 valence electrons. The highest BCUT2D eigenvalue weighted by Crippen LogP contribution is 2.26. The second kappa shape index (κ2) is 6.98. The highest BCUT2D eigenvalue weighted by Gasteiger charge is 2.18. The number of rotatable bonds is 6. The van der Waals surface area contributed by atoms with E-state index in [0.717, 1.165) is 35.8 Å². The van der Waals surface area contributed by atoms with E-state index in [1.807, 2.05) is 0 Å². The molecular weight excluding hydrogens is 289 g/mol. The SMILES string of the molecule is Fc1ccc(OCCSCc2noc3c2CCCC3)cc1. The van der Waals surface area contributed by atoms with Crippen LogP contribution in [0.3, 0.4) is 0 Å². The number of fused-ring (bicyclic) bond motifs is 1. The van der Waals surface area contributed by atoms with Crippen molar-refractivity contribution in [2.45, 2.75) is 31.4 Å². The van der Waals surface area contributed by atoms with Crippen LogP contribution in [0.4, 0.5) is 4.39 Å². The summed E-state index contributed by atoms with van der Waals surface area (Å²) in [6.45, 7) is 0.607. The lowest BCUT2D eigenvalue weighted by molar-refractivity contribution is 0.343. The van der Waals surface area contributed by atoms with Crippen LogP contribution in [0.15, 0.2) is 28.8 Å². The summed E-state index contributed by atoms with van der Waals surface area (Å²) in [5, 5.41) is 4.18. The average molecular weight is 307 g/mol. The van der Waals surface area contributed by atoms with E-state index in [1.165, 1.54) is 30.5 Å². The number of ether oxygens (including phenoxy) is 1. The summed E-state index contributed by atoms with van der Waals surface area (Å²) in [6, 6.07) is 6.11. The van der Waals surface area contributed by atoms with Crippen molar-refractivity contribution < 1.29 is 13.7 Å². The molecule has 0 saturated carbocycles. The fourth-order valence-electron chi connectivity index (χ4n) is 2.48. The van der Waals surface area contributed by atoms with Crippen molar-refractivity contribution >= 4 is 11.8 Å². The maximum atomic E-state index is 12.7. The Labute approximate surface area is 127 Å². The van der Waals surface area contributed by atoms with Gasteiger partial charge in [0.25, 0.3) is 0 Å². The van der Waals surface area contributed by atoms with E-state index >= 15 is 0 Å². The average Bonchev–Trinajstić information content (AvgIpc) is 2.92. The first-order valence-electron chi connectivity index (χ1n) is 7.25. The van der Waals surface area contributed by atoms with Crippen molar-refractivity contribution in [2.24, 2.45) is 0 Å². The molecule has 2 aromatic rings. The minimum atomic E-state index is -0.243. The van der Waals surface area contributed by atoms with Gasteiger partial charge in [0.15, 0.2) is 0 Å². The van der Waals surface area contributed by atoms with Crippen molar-refractivity contribution in [1.82, 2.24) is 5.16 Å². The Balaban J connectivity index is 1.40. The molecular formula is C16H18FNO2S. The molecule has 0 saturated heterocycles. The standard InChI is InChI=1S/C16H18FNO2S/c17-12-5-7-13(8-6-12)19-9-10-21-11-15-14-3-1-2-4-16(14)20-18-15/h5-8H,1-4,9-11H2. The summed E-state index contributed by atoms with van der Waals surface area (Å²) < 4.78 is 23.7. The number of hydrogen-bond donors (Lipinski definition) is 0. The van der Waals surface area contributed by atoms with Crippen LogP contribution in [-0.2, 0) is 18.6 Å². The Hall–Kier alpha value is -1.49. The Kier molecular flexibility index (Phi) is 4.80. The number of thioether (sulfide) groups is 1. The lowest BCUT2D eigenvalue weighted by atomic mass is 9.97. The minimum absolute atomic E-state index is 0.243. The molecule has 0 fully saturated rings. The second-order valence-electron chi connectivity index (χ2n) is 5.09. The van der Waals surface area contributed by atoms with Crippen LogP contribution in [0.25, 0.3) is 0 Å². The van der Waals surface area contributed by atoms with Gasteiger partial charge in [0, 0.05) is 23.5 Å². The van der Waals surface area contributed by atoms with Crippen LogP contribution >= 0.6 is 11.8 Å². The number of aryl methyl sites for hydroxylation is 1. The normalized spacial score (nSPS) is 14.0. The molecule has 0 unspecified atom stereocenters. The molecule has 1 heterocycles. The fourth-order valence-corrected chi connectivity index (χ4v) is 3.25. The van der Waals surface area contributed by atoms with Gasteiger partial charge in [-0.3, -0.25) is 0 Å². The molecule has 1 aromatic carbocycles. The van der Waals surface area contributed by atoms with Gasteiger partial charge in [0.1, 0.15) is 17.3 Å². The Bertz CT molecular complexity index is 582. The number of aromatic nitrogens is 1. The lowest BCUT2D eigenvalue weighted by Gasteiger charge is -2.09. The van der Waals surface area contributed by atoms with Gasteiger partial charge in [0.2, 0.25) is 0 Å². The molecule has 0 atom stereocenters. The van der Waals surface area contributed by atoms with Crippen molar-refractivity contribution in [3.63, 3.8) is 0 Å². The third-order valence-corrected chi connectivity index (χ3v) is 4.51. The van der Waals surface area contributed by atoms with Crippen LogP contribution in [0.5, 0.6) is 5.75 Å². The lowest BCUT2D eigenvalue weighted by Crippen LogP contribution is -2.03. The summed E-state index contributed by atoms with van der Waals surface area (Å²) in [5.74, 6) is 3.28. The van der Waals surface area contributed by atoms with E-state index in [9.17, 15) is 4.39 Å². The van der Waals surface area contributed by atoms with Crippen molar-refractivity contribution in [3.05, 3.63) is 47.1 Å². The van der Waals surface area contributed by atoms with Gasteiger partial charge in [-0.1, -0.05) is 5.16 Å². The molecule has 0 bridgehead atoms. The summed E-state index contributed by atoms with van der Waals surface area (Å²) in [7, 11) is 0. The maximum absolute atomic E-state index is 12.7. The topological polar surface area (TPSA) is 35.3 Å². The molecule has 5 heteroatoms. The molecule has 0 amide bonds. The van der Waals surface area contributed by atoms with Crippen LogP contribution in [-0.4, -0.2) is 17.5 Å². The number of benzene rings is 1.